The fraction of sp³-hybridized carbons (Fsp3) is 0.318. The molecule has 1 N–H and O–H groups in total. The van der Waals surface area contributed by atoms with Crippen molar-refractivity contribution in [3.8, 4) is 0 Å². The predicted molar refractivity (Wildman–Crippen MR) is 116 cm³/mol. The zero-order chi connectivity index (χ0) is 19.5. The molecule has 0 radical (unpaired) electrons. The number of aromatic nitrogens is 2. The molecule has 1 aliphatic rings. The van der Waals surface area contributed by atoms with Gasteiger partial charge in [-0.25, -0.2) is 9.97 Å². The van der Waals surface area contributed by atoms with Crippen LogP contribution in [0, 0.1) is 6.92 Å². The Morgan fingerprint density at radius 2 is 1.89 bits per heavy atom. The fourth-order valence-corrected chi connectivity index (χ4v) is 4.02. The maximum absolute atomic E-state index is 13.4. The number of carbonyl (C=O) groups excluding carboxylic acids is 1. The maximum Gasteiger partial charge on any atom is 0.257 e. The molecule has 0 atom stereocenters. The number of benzene rings is 1. The minimum absolute atomic E-state index is 0.0365. The molecule has 4 rings (SSSR count). The molecular weight excluding hydrogens is 416 g/mol. The third-order valence-corrected chi connectivity index (χ3v) is 5.58. The summed E-state index contributed by atoms with van der Waals surface area (Å²) in [6, 6.07) is 11.9. The lowest BCUT2D eigenvalue weighted by Gasteiger charge is -2.22. The molecule has 144 valence electrons. The van der Waals surface area contributed by atoms with Gasteiger partial charge in [0.15, 0.2) is 5.65 Å². The van der Waals surface area contributed by atoms with E-state index in [-0.39, 0.29) is 5.91 Å². The Morgan fingerprint density at radius 1 is 1.11 bits per heavy atom. The van der Waals surface area contributed by atoms with Gasteiger partial charge < -0.3 is 10.2 Å². The van der Waals surface area contributed by atoms with Gasteiger partial charge in [-0.3, -0.25) is 4.79 Å². The van der Waals surface area contributed by atoms with E-state index < -0.39 is 0 Å². The Labute approximate surface area is 173 Å². The molecule has 3 heterocycles. The first-order valence-electron chi connectivity index (χ1n) is 9.70. The van der Waals surface area contributed by atoms with Gasteiger partial charge >= 0.3 is 0 Å². The number of amides is 1. The van der Waals surface area contributed by atoms with Crippen molar-refractivity contribution in [3.63, 3.8) is 0 Å². The average molecular weight is 439 g/mol. The van der Waals surface area contributed by atoms with Crippen molar-refractivity contribution in [1.29, 1.82) is 0 Å². The summed E-state index contributed by atoms with van der Waals surface area (Å²) in [5.41, 5.74) is 3.82. The van der Waals surface area contributed by atoms with Crippen LogP contribution in [-0.4, -0.2) is 33.9 Å². The number of aryl methyl sites for hydroxylation is 1. The van der Waals surface area contributed by atoms with Crippen LogP contribution >= 0.6 is 15.9 Å². The van der Waals surface area contributed by atoms with E-state index >= 15 is 0 Å². The van der Waals surface area contributed by atoms with Crippen LogP contribution in [0.2, 0.25) is 0 Å². The quantitative estimate of drug-likeness (QED) is 0.589. The molecule has 6 heteroatoms. The van der Waals surface area contributed by atoms with Crippen molar-refractivity contribution in [1.82, 2.24) is 14.9 Å². The zero-order valence-corrected chi connectivity index (χ0v) is 17.5. The van der Waals surface area contributed by atoms with Gasteiger partial charge in [0.2, 0.25) is 0 Å². The van der Waals surface area contributed by atoms with Gasteiger partial charge in [-0.1, -0.05) is 34.8 Å². The number of fused-ring (bicyclic) bond motifs is 1. The molecule has 1 amide bonds. The molecule has 1 fully saturated rings. The van der Waals surface area contributed by atoms with Crippen LogP contribution in [0.15, 0.2) is 47.1 Å². The largest absolute Gasteiger partial charge is 0.354 e. The SMILES string of the molecule is Cc1ccc2c(Nc3cccc(Br)c3)c(C(=O)N3CCCCCC3)cnc2n1. The maximum atomic E-state index is 13.4. The van der Waals surface area contributed by atoms with E-state index in [2.05, 4.69) is 31.2 Å². The van der Waals surface area contributed by atoms with Crippen LogP contribution in [0.5, 0.6) is 0 Å². The Hall–Kier alpha value is -2.47. The van der Waals surface area contributed by atoms with Crippen molar-refractivity contribution in [2.75, 3.05) is 18.4 Å². The standard InChI is InChI=1S/C22H23BrN4O/c1-15-9-10-18-20(26-17-8-6-7-16(23)13-17)19(14-24-21(18)25-15)22(28)27-11-4-2-3-5-12-27/h6-10,13-14H,2-5,11-12H2,1H3,(H,24,25,26). The normalized spacial score (nSPS) is 14.7. The topological polar surface area (TPSA) is 58.1 Å². The van der Waals surface area contributed by atoms with Gasteiger partial charge in [-0.2, -0.15) is 0 Å². The minimum atomic E-state index is 0.0365. The zero-order valence-electron chi connectivity index (χ0n) is 15.9. The van der Waals surface area contributed by atoms with Crippen LogP contribution in [0.1, 0.15) is 41.7 Å². The monoisotopic (exact) mass is 438 g/mol. The van der Waals surface area contributed by atoms with E-state index in [4.69, 9.17) is 0 Å². The van der Waals surface area contributed by atoms with Crippen molar-refractivity contribution in [2.45, 2.75) is 32.6 Å². The number of hydrogen-bond donors (Lipinski definition) is 1. The van der Waals surface area contributed by atoms with Gasteiger partial charge in [0.25, 0.3) is 5.91 Å². The summed E-state index contributed by atoms with van der Waals surface area (Å²) in [6.45, 7) is 3.55. The summed E-state index contributed by atoms with van der Waals surface area (Å²) in [4.78, 5) is 24.4. The van der Waals surface area contributed by atoms with Crippen LogP contribution in [0.4, 0.5) is 11.4 Å². The molecule has 0 bridgehead atoms. The number of likely N-dealkylation sites (tertiary alicyclic amines) is 1. The van der Waals surface area contributed by atoms with Gasteiger partial charge in [0, 0.05) is 40.5 Å². The molecule has 5 nitrogen and oxygen atoms in total. The highest BCUT2D eigenvalue weighted by atomic mass is 79.9. The number of rotatable bonds is 3. The molecule has 0 saturated carbocycles. The molecule has 3 aromatic rings. The van der Waals surface area contributed by atoms with E-state index in [1.807, 2.05) is 48.2 Å². The lowest BCUT2D eigenvalue weighted by atomic mass is 10.1. The number of pyridine rings is 2. The van der Waals surface area contributed by atoms with Crippen molar-refractivity contribution < 1.29 is 4.79 Å². The molecule has 2 aromatic heterocycles. The smallest absolute Gasteiger partial charge is 0.257 e. The molecule has 28 heavy (non-hydrogen) atoms. The number of hydrogen-bond acceptors (Lipinski definition) is 4. The molecular formula is C22H23BrN4O. The fourth-order valence-electron chi connectivity index (χ4n) is 3.62. The first kappa shape index (κ1) is 18.9. The summed E-state index contributed by atoms with van der Waals surface area (Å²) >= 11 is 3.51. The third kappa shape index (κ3) is 4.02. The lowest BCUT2D eigenvalue weighted by Crippen LogP contribution is -2.32. The second kappa shape index (κ2) is 8.27. The van der Waals surface area contributed by atoms with Crippen molar-refractivity contribution in [3.05, 3.63) is 58.3 Å². The number of anilines is 2. The number of carbonyl (C=O) groups is 1. The minimum Gasteiger partial charge on any atom is -0.354 e. The van der Waals surface area contributed by atoms with Gasteiger partial charge in [-0.05, 0) is 50.1 Å². The van der Waals surface area contributed by atoms with Crippen molar-refractivity contribution in [2.24, 2.45) is 0 Å². The molecule has 0 aliphatic carbocycles. The van der Waals surface area contributed by atoms with E-state index in [1.165, 1.54) is 12.8 Å². The average Bonchev–Trinajstić information content (AvgIpc) is 2.97. The lowest BCUT2D eigenvalue weighted by molar-refractivity contribution is 0.0762. The Kier molecular flexibility index (Phi) is 5.57. The Bertz CT molecular complexity index is 1010. The summed E-state index contributed by atoms with van der Waals surface area (Å²) in [7, 11) is 0. The van der Waals surface area contributed by atoms with Gasteiger partial charge in [0.05, 0.1) is 11.3 Å². The molecule has 0 spiro atoms. The van der Waals surface area contributed by atoms with E-state index in [0.29, 0.717) is 11.2 Å². The highest BCUT2D eigenvalue weighted by Gasteiger charge is 2.22. The molecule has 1 aliphatic heterocycles. The van der Waals surface area contributed by atoms with Crippen LogP contribution in [-0.2, 0) is 0 Å². The third-order valence-electron chi connectivity index (χ3n) is 5.09. The highest BCUT2D eigenvalue weighted by Crippen LogP contribution is 2.31. The Morgan fingerprint density at radius 3 is 2.64 bits per heavy atom. The van der Waals surface area contributed by atoms with E-state index in [0.717, 1.165) is 52.9 Å². The van der Waals surface area contributed by atoms with Crippen LogP contribution in [0.25, 0.3) is 11.0 Å². The van der Waals surface area contributed by atoms with E-state index in [1.54, 1.807) is 6.20 Å². The first-order chi connectivity index (χ1) is 13.6. The summed E-state index contributed by atoms with van der Waals surface area (Å²) in [6.07, 6.45) is 6.16. The van der Waals surface area contributed by atoms with Crippen LogP contribution < -0.4 is 5.32 Å². The number of nitrogens with one attached hydrogen (secondary N) is 1. The predicted octanol–water partition coefficient (Wildman–Crippen LogP) is 5.46. The van der Waals surface area contributed by atoms with E-state index in [9.17, 15) is 4.79 Å². The molecule has 1 saturated heterocycles. The second-order valence-corrected chi connectivity index (χ2v) is 8.13. The first-order valence-corrected chi connectivity index (χ1v) is 10.5. The molecule has 0 unspecified atom stereocenters. The molecule has 1 aromatic carbocycles. The highest BCUT2D eigenvalue weighted by molar-refractivity contribution is 9.10. The summed E-state index contributed by atoms with van der Waals surface area (Å²) in [5, 5.41) is 4.31. The van der Waals surface area contributed by atoms with Gasteiger partial charge in [-0.15, -0.1) is 0 Å². The van der Waals surface area contributed by atoms with Crippen molar-refractivity contribution >= 4 is 44.2 Å². The van der Waals surface area contributed by atoms with Gasteiger partial charge in [0.1, 0.15) is 0 Å². The Balaban J connectivity index is 1.80. The summed E-state index contributed by atoms with van der Waals surface area (Å²) in [5.74, 6) is 0.0365. The second-order valence-electron chi connectivity index (χ2n) is 7.21. The summed E-state index contributed by atoms with van der Waals surface area (Å²) < 4.78 is 0.977. The number of halogens is 1. The van der Waals surface area contributed by atoms with Crippen LogP contribution in [0.3, 0.4) is 0 Å². The number of nitrogens with zero attached hydrogens (tertiary/aromatic N) is 3.